The number of carboxylic acids is 1. The second-order valence-electron chi connectivity index (χ2n) is 10.4. The van der Waals surface area contributed by atoms with E-state index in [4.69, 9.17) is 4.74 Å². The van der Waals surface area contributed by atoms with E-state index in [9.17, 15) is 24.8 Å². The van der Waals surface area contributed by atoms with Crippen molar-refractivity contribution in [2.45, 2.75) is 31.8 Å². The van der Waals surface area contributed by atoms with E-state index < -0.39 is 12.0 Å². The molecule has 3 aromatic rings. The third-order valence-corrected chi connectivity index (χ3v) is 7.66. The first-order chi connectivity index (χ1) is 19.9. The molecule has 1 amide bonds. The second kappa shape index (κ2) is 12.8. The highest BCUT2D eigenvalue weighted by atomic mass is 16.6. The van der Waals surface area contributed by atoms with Gasteiger partial charge in [0.05, 0.1) is 30.2 Å². The molecular weight excluding hydrogens is 528 g/mol. The average Bonchev–Trinajstić information content (AvgIpc) is 3.44. The Labute approximate surface area is 237 Å². The molecule has 2 saturated heterocycles. The standard InChI is InChI=1S/C29H34N6O6/c36-28(31-25(29(37)38)16-23-19-32(20-30-23)18-21-4-2-1-3-5-21)22-8-10-34(11-9-22)27-17-24(6-7-26(27)35(39)40)33-12-14-41-15-13-33/h1-7,17,19-20,22,25H,8-16,18H2,(H,31,36)(H,37,38). The summed E-state index contributed by atoms with van der Waals surface area (Å²) < 4.78 is 7.31. The van der Waals surface area contributed by atoms with Crippen LogP contribution in [0, 0.1) is 16.0 Å². The van der Waals surface area contributed by atoms with Crippen LogP contribution in [0.1, 0.15) is 24.1 Å². The van der Waals surface area contributed by atoms with Crippen LogP contribution in [0.5, 0.6) is 0 Å². The Morgan fingerprint density at radius 2 is 1.80 bits per heavy atom. The van der Waals surface area contributed by atoms with E-state index >= 15 is 0 Å². The van der Waals surface area contributed by atoms with Crippen LogP contribution in [-0.4, -0.2) is 76.9 Å². The molecule has 5 rings (SSSR count). The van der Waals surface area contributed by atoms with Crippen LogP contribution in [0.25, 0.3) is 0 Å². The molecule has 0 aliphatic carbocycles. The fourth-order valence-corrected chi connectivity index (χ4v) is 5.41. The molecule has 0 bridgehead atoms. The van der Waals surface area contributed by atoms with Crippen molar-refractivity contribution in [3.05, 3.63) is 82.4 Å². The number of aromatic nitrogens is 2. The third kappa shape index (κ3) is 7.01. The topological polar surface area (TPSA) is 143 Å². The number of piperidine rings is 1. The van der Waals surface area contributed by atoms with Crippen LogP contribution < -0.4 is 15.1 Å². The van der Waals surface area contributed by atoms with E-state index in [2.05, 4.69) is 15.2 Å². The van der Waals surface area contributed by atoms with Crippen molar-refractivity contribution in [1.29, 1.82) is 0 Å². The lowest BCUT2D eigenvalue weighted by Crippen LogP contribution is -2.47. The molecule has 12 nitrogen and oxygen atoms in total. The molecule has 0 saturated carbocycles. The van der Waals surface area contributed by atoms with Crippen molar-refractivity contribution in [3.63, 3.8) is 0 Å². The van der Waals surface area contributed by atoms with Gasteiger partial charge in [-0.2, -0.15) is 0 Å². The highest BCUT2D eigenvalue weighted by molar-refractivity contribution is 5.85. The van der Waals surface area contributed by atoms with Gasteiger partial charge in [-0.1, -0.05) is 30.3 Å². The van der Waals surface area contributed by atoms with E-state index in [-0.39, 0.29) is 28.9 Å². The predicted molar refractivity (Wildman–Crippen MR) is 152 cm³/mol. The van der Waals surface area contributed by atoms with Gasteiger partial charge in [0.25, 0.3) is 5.69 Å². The normalized spacial score (nSPS) is 16.8. The van der Waals surface area contributed by atoms with Gasteiger partial charge in [0, 0.05) is 63.0 Å². The number of nitrogens with one attached hydrogen (secondary N) is 1. The number of morpholine rings is 1. The molecule has 12 heteroatoms. The van der Waals surface area contributed by atoms with Crippen molar-refractivity contribution < 1.29 is 24.4 Å². The number of anilines is 2. The summed E-state index contributed by atoms with van der Waals surface area (Å²) in [5.74, 6) is -1.83. The van der Waals surface area contributed by atoms with Gasteiger partial charge in [-0.25, -0.2) is 9.78 Å². The summed E-state index contributed by atoms with van der Waals surface area (Å²) in [6.07, 6.45) is 4.45. The number of nitro groups is 1. The van der Waals surface area contributed by atoms with Crippen LogP contribution in [0.4, 0.5) is 17.1 Å². The molecule has 2 aliphatic heterocycles. The highest BCUT2D eigenvalue weighted by Gasteiger charge is 2.31. The fraction of sp³-hybridized carbons (Fsp3) is 0.414. The zero-order valence-corrected chi connectivity index (χ0v) is 22.7. The molecule has 0 spiro atoms. The average molecular weight is 563 g/mol. The zero-order chi connectivity index (χ0) is 28.8. The predicted octanol–water partition coefficient (Wildman–Crippen LogP) is 2.70. The lowest BCUT2D eigenvalue weighted by Gasteiger charge is -2.34. The summed E-state index contributed by atoms with van der Waals surface area (Å²) in [5.41, 5.74) is 3.15. The Bertz CT molecular complexity index is 1370. The minimum absolute atomic E-state index is 0.0301. The maximum atomic E-state index is 13.1. The lowest BCUT2D eigenvalue weighted by atomic mass is 9.94. The Kier molecular flexibility index (Phi) is 8.78. The summed E-state index contributed by atoms with van der Waals surface area (Å²) in [5, 5.41) is 24.3. The first kappa shape index (κ1) is 28.1. The Balaban J connectivity index is 1.19. The van der Waals surface area contributed by atoms with Crippen molar-refractivity contribution in [1.82, 2.24) is 14.9 Å². The number of hydrogen-bond acceptors (Lipinski definition) is 8. The number of ether oxygens (including phenoxy) is 1. The Morgan fingerprint density at radius 1 is 1.07 bits per heavy atom. The Morgan fingerprint density at radius 3 is 2.49 bits per heavy atom. The number of carbonyl (C=O) groups is 2. The number of benzene rings is 2. The third-order valence-electron chi connectivity index (χ3n) is 7.66. The van der Waals surface area contributed by atoms with Crippen LogP contribution in [0.2, 0.25) is 0 Å². The van der Waals surface area contributed by atoms with E-state index in [0.29, 0.717) is 57.1 Å². The number of aliphatic carboxylic acids is 1. The molecule has 0 radical (unpaired) electrons. The minimum atomic E-state index is -1.12. The number of nitrogens with zero attached hydrogens (tertiary/aromatic N) is 5. The van der Waals surface area contributed by atoms with E-state index in [1.54, 1.807) is 18.6 Å². The SMILES string of the molecule is O=C(NC(Cc1cn(Cc2ccccc2)cn1)C(=O)O)C1CCN(c2cc(N3CCOCC3)ccc2[N+](=O)[O-])CC1. The second-order valence-corrected chi connectivity index (χ2v) is 10.4. The molecule has 41 heavy (non-hydrogen) atoms. The number of imidazole rings is 1. The largest absolute Gasteiger partial charge is 0.480 e. The first-order valence-corrected chi connectivity index (χ1v) is 13.8. The van der Waals surface area contributed by atoms with E-state index in [1.165, 1.54) is 6.07 Å². The van der Waals surface area contributed by atoms with Crippen molar-refractivity contribution in [2.75, 3.05) is 49.2 Å². The van der Waals surface area contributed by atoms with Gasteiger partial charge < -0.3 is 29.5 Å². The van der Waals surface area contributed by atoms with Crippen LogP contribution >= 0.6 is 0 Å². The van der Waals surface area contributed by atoms with Crippen molar-refractivity contribution >= 4 is 28.9 Å². The molecule has 2 aromatic carbocycles. The maximum Gasteiger partial charge on any atom is 0.326 e. The fourth-order valence-electron chi connectivity index (χ4n) is 5.41. The summed E-state index contributed by atoms with van der Waals surface area (Å²) in [6, 6.07) is 13.9. The Hall–Kier alpha value is -4.45. The minimum Gasteiger partial charge on any atom is -0.480 e. The number of nitro benzene ring substituents is 1. The van der Waals surface area contributed by atoms with Crippen molar-refractivity contribution in [3.8, 4) is 0 Å². The van der Waals surface area contributed by atoms with Gasteiger partial charge >= 0.3 is 5.97 Å². The first-order valence-electron chi connectivity index (χ1n) is 13.8. The van der Waals surface area contributed by atoms with Crippen LogP contribution in [-0.2, 0) is 27.3 Å². The number of hydrogen-bond donors (Lipinski definition) is 2. The molecule has 1 unspecified atom stereocenters. The van der Waals surface area contributed by atoms with Gasteiger partial charge in [0.15, 0.2) is 0 Å². The molecule has 216 valence electrons. The van der Waals surface area contributed by atoms with Gasteiger partial charge in [-0.05, 0) is 30.5 Å². The van der Waals surface area contributed by atoms with Crippen LogP contribution in [0.15, 0.2) is 61.1 Å². The van der Waals surface area contributed by atoms with E-state index in [0.717, 1.165) is 24.3 Å². The van der Waals surface area contributed by atoms with Gasteiger partial charge in [-0.15, -0.1) is 0 Å². The summed E-state index contributed by atoms with van der Waals surface area (Å²) in [7, 11) is 0. The highest BCUT2D eigenvalue weighted by Crippen LogP contribution is 2.35. The molecule has 1 aromatic heterocycles. The molecule has 2 N–H and O–H groups in total. The number of carboxylic acid groups (broad SMARTS) is 1. The number of rotatable bonds is 10. The molecule has 3 heterocycles. The summed E-state index contributed by atoms with van der Waals surface area (Å²) >= 11 is 0. The summed E-state index contributed by atoms with van der Waals surface area (Å²) in [4.78, 5) is 44.9. The van der Waals surface area contributed by atoms with Crippen LogP contribution in [0.3, 0.4) is 0 Å². The maximum absolute atomic E-state index is 13.1. The zero-order valence-electron chi connectivity index (χ0n) is 22.7. The number of carbonyl (C=O) groups excluding carboxylic acids is 1. The quantitative estimate of drug-likeness (QED) is 0.282. The van der Waals surface area contributed by atoms with Gasteiger partial charge in [-0.3, -0.25) is 14.9 Å². The lowest BCUT2D eigenvalue weighted by molar-refractivity contribution is -0.384. The monoisotopic (exact) mass is 562 g/mol. The van der Waals surface area contributed by atoms with E-state index in [1.807, 2.05) is 45.9 Å². The van der Waals surface area contributed by atoms with Gasteiger partial charge in [0.1, 0.15) is 11.7 Å². The molecule has 2 aliphatic rings. The molecular formula is C29H34N6O6. The summed E-state index contributed by atoms with van der Waals surface area (Å²) in [6.45, 7) is 4.18. The molecule has 1 atom stereocenters. The molecule has 2 fully saturated rings. The van der Waals surface area contributed by atoms with Gasteiger partial charge in [0.2, 0.25) is 5.91 Å². The van der Waals surface area contributed by atoms with Crippen molar-refractivity contribution in [2.24, 2.45) is 5.92 Å². The smallest absolute Gasteiger partial charge is 0.326 e. The number of amides is 1.